The fourth-order valence-electron chi connectivity index (χ4n) is 4.32. The zero-order chi connectivity index (χ0) is 16.5. The van der Waals surface area contributed by atoms with Gasteiger partial charge in [0, 0.05) is 23.9 Å². The third-order valence-corrected chi connectivity index (χ3v) is 6.94. The molecule has 0 bridgehead atoms. The molecular formula is C19H27N3OS. The Bertz CT molecular complexity index is 779. The van der Waals surface area contributed by atoms with Crippen LogP contribution in [0.15, 0.2) is 4.79 Å². The third-order valence-electron chi connectivity index (χ3n) is 5.75. The van der Waals surface area contributed by atoms with Crippen molar-refractivity contribution in [3.05, 3.63) is 26.6 Å². The number of aromatic nitrogens is 2. The van der Waals surface area contributed by atoms with E-state index in [0.717, 1.165) is 47.8 Å². The number of aryl methyl sites for hydroxylation is 2. The number of hydrogen-bond acceptors (Lipinski definition) is 4. The Labute approximate surface area is 147 Å². The zero-order valence-electron chi connectivity index (χ0n) is 14.5. The van der Waals surface area contributed by atoms with E-state index in [9.17, 15) is 4.79 Å². The molecular weight excluding hydrogens is 318 g/mol. The van der Waals surface area contributed by atoms with Crippen LogP contribution in [0, 0.1) is 5.92 Å². The van der Waals surface area contributed by atoms with E-state index in [1.54, 1.807) is 11.3 Å². The maximum atomic E-state index is 12.5. The summed E-state index contributed by atoms with van der Waals surface area (Å²) in [5, 5.41) is 4.55. The lowest BCUT2D eigenvalue weighted by atomic mass is 9.86. The highest BCUT2D eigenvalue weighted by molar-refractivity contribution is 7.18. The summed E-state index contributed by atoms with van der Waals surface area (Å²) in [7, 11) is 0. The fourth-order valence-corrected chi connectivity index (χ4v) is 5.60. The molecule has 4 nitrogen and oxygen atoms in total. The smallest absolute Gasteiger partial charge is 0.259 e. The van der Waals surface area contributed by atoms with Crippen LogP contribution in [-0.2, 0) is 19.3 Å². The highest BCUT2D eigenvalue weighted by Crippen LogP contribution is 2.33. The van der Waals surface area contributed by atoms with Crippen molar-refractivity contribution in [1.29, 1.82) is 0 Å². The Hall–Kier alpha value is -1.20. The second-order valence-corrected chi connectivity index (χ2v) is 8.56. The number of aromatic amines is 1. The van der Waals surface area contributed by atoms with Gasteiger partial charge in [-0.3, -0.25) is 4.79 Å². The lowest BCUT2D eigenvalue weighted by Crippen LogP contribution is -2.38. The van der Waals surface area contributed by atoms with E-state index in [2.05, 4.69) is 17.2 Å². The van der Waals surface area contributed by atoms with E-state index in [-0.39, 0.29) is 5.56 Å². The Balaban J connectivity index is 1.48. The number of H-pyrrole nitrogens is 1. The first-order valence-electron chi connectivity index (χ1n) is 9.49. The van der Waals surface area contributed by atoms with Crippen LogP contribution in [0.2, 0.25) is 0 Å². The summed E-state index contributed by atoms with van der Waals surface area (Å²) in [5.41, 5.74) is 1.34. The Morgan fingerprint density at radius 2 is 2.04 bits per heavy atom. The molecule has 4 rings (SSSR count). The molecule has 0 amide bonds. The molecule has 2 heterocycles. The van der Waals surface area contributed by atoms with Gasteiger partial charge in [-0.15, -0.1) is 11.3 Å². The van der Waals surface area contributed by atoms with Gasteiger partial charge in [-0.2, -0.15) is 0 Å². The molecule has 2 aromatic heterocycles. The minimum atomic E-state index is 0.0698. The highest BCUT2D eigenvalue weighted by atomic mass is 32.1. The lowest BCUT2D eigenvalue weighted by molar-refractivity contribution is 0.282. The van der Waals surface area contributed by atoms with Crippen LogP contribution in [0.1, 0.15) is 61.7 Å². The molecule has 24 heavy (non-hydrogen) atoms. The first-order chi connectivity index (χ1) is 11.7. The van der Waals surface area contributed by atoms with Gasteiger partial charge in [0.25, 0.3) is 5.56 Å². The van der Waals surface area contributed by atoms with Crippen LogP contribution >= 0.6 is 11.3 Å². The van der Waals surface area contributed by atoms with Crippen molar-refractivity contribution < 1.29 is 0 Å². The molecule has 2 aliphatic carbocycles. The average molecular weight is 346 g/mol. The zero-order valence-corrected chi connectivity index (χ0v) is 15.3. The molecule has 1 fully saturated rings. The number of nitrogens with zero attached hydrogens (tertiary/aromatic N) is 1. The normalized spacial score (nSPS) is 24.2. The molecule has 130 valence electrons. The third kappa shape index (κ3) is 3.16. The van der Waals surface area contributed by atoms with Gasteiger partial charge in [0.2, 0.25) is 0 Å². The van der Waals surface area contributed by atoms with Crippen LogP contribution in [0.5, 0.6) is 0 Å². The van der Waals surface area contributed by atoms with Crippen molar-refractivity contribution in [2.45, 2.75) is 70.8 Å². The Morgan fingerprint density at radius 1 is 1.21 bits per heavy atom. The van der Waals surface area contributed by atoms with Gasteiger partial charge in [0.1, 0.15) is 10.7 Å². The molecule has 0 radical (unpaired) electrons. The molecule has 0 saturated heterocycles. The van der Waals surface area contributed by atoms with Crippen LogP contribution < -0.4 is 10.9 Å². The lowest BCUT2D eigenvalue weighted by Gasteiger charge is -2.29. The number of hydrogen-bond donors (Lipinski definition) is 2. The Morgan fingerprint density at radius 3 is 2.92 bits per heavy atom. The maximum Gasteiger partial charge on any atom is 0.259 e. The van der Waals surface area contributed by atoms with Gasteiger partial charge in [0.05, 0.1) is 5.39 Å². The van der Waals surface area contributed by atoms with Gasteiger partial charge >= 0.3 is 0 Å². The van der Waals surface area contributed by atoms with E-state index in [1.165, 1.54) is 49.0 Å². The van der Waals surface area contributed by atoms with E-state index in [0.29, 0.717) is 6.04 Å². The van der Waals surface area contributed by atoms with Crippen molar-refractivity contribution in [1.82, 2.24) is 15.3 Å². The minimum Gasteiger partial charge on any atom is -0.313 e. The minimum absolute atomic E-state index is 0.0698. The van der Waals surface area contributed by atoms with Gasteiger partial charge in [-0.05, 0) is 50.0 Å². The molecule has 1 saturated carbocycles. The van der Waals surface area contributed by atoms with Crippen molar-refractivity contribution in [2.24, 2.45) is 5.92 Å². The van der Waals surface area contributed by atoms with Gasteiger partial charge < -0.3 is 10.3 Å². The second-order valence-electron chi connectivity index (χ2n) is 7.48. The number of rotatable bonds is 4. The van der Waals surface area contributed by atoms with Crippen molar-refractivity contribution in [3.63, 3.8) is 0 Å². The standard InChI is InChI=1S/C19H27N3OS/c1-12-6-2-4-8-14(12)20-11-10-16-21-18(23)17-13-7-3-5-9-15(13)24-19(17)22-16/h12,14,20H,2-11H2,1H3,(H,21,22,23)/t12-,14+/m0/s1. The quantitative estimate of drug-likeness (QED) is 0.890. The average Bonchev–Trinajstić information content (AvgIpc) is 2.95. The molecule has 0 aromatic carbocycles. The predicted molar refractivity (Wildman–Crippen MR) is 100 cm³/mol. The summed E-state index contributed by atoms with van der Waals surface area (Å²) < 4.78 is 0. The monoisotopic (exact) mass is 345 g/mol. The van der Waals surface area contributed by atoms with Crippen molar-refractivity contribution in [2.75, 3.05) is 6.54 Å². The molecule has 0 aliphatic heterocycles. The van der Waals surface area contributed by atoms with Crippen LogP contribution in [0.3, 0.4) is 0 Å². The number of thiophene rings is 1. The first kappa shape index (κ1) is 16.3. The summed E-state index contributed by atoms with van der Waals surface area (Å²) in [6.07, 6.45) is 10.7. The van der Waals surface area contributed by atoms with Crippen molar-refractivity contribution >= 4 is 21.6 Å². The summed E-state index contributed by atoms with van der Waals surface area (Å²) in [5.74, 6) is 1.60. The van der Waals surface area contributed by atoms with Gasteiger partial charge in [-0.1, -0.05) is 19.8 Å². The van der Waals surface area contributed by atoms with Gasteiger partial charge in [0.15, 0.2) is 0 Å². The number of fused-ring (bicyclic) bond motifs is 3. The van der Waals surface area contributed by atoms with Crippen LogP contribution in [0.25, 0.3) is 10.2 Å². The summed E-state index contributed by atoms with van der Waals surface area (Å²) in [6, 6.07) is 0.628. The van der Waals surface area contributed by atoms with Crippen LogP contribution in [-0.4, -0.2) is 22.6 Å². The van der Waals surface area contributed by atoms with Crippen LogP contribution in [0.4, 0.5) is 0 Å². The topological polar surface area (TPSA) is 57.8 Å². The van der Waals surface area contributed by atoms with Gasteiger partial charge in [-0.25, -0.2) is 4.98 Å². The summed E-state index contributed by atoms with van der Waals surface area (Å²) >= 11 is 1.74. The Kier molecular flexibility index (Phi) is 4.72. The summed E-state index contributed by atoms with van der Waals surface area (Å²) in [4.78, 5) is 22.7. The predicted octanol–water partition coefficient (Wildman–Crippen LogP) is 3.57. The number of nitrogens with one attached hydrogen (secondary N) is 2. The molecule has 0 unspecified atom stereocenters. The van der Waals surface area contributed by atoms with E-state index < -0.39 is 0 Å². The molecule has 5 heteroatoms. The molecule has 2 N–H and O–H groups in total. The van der Waals surface area contributed by atoms with E-state index in [4.69, 9.17) is 4.98 Å². The second kappa shape index (κ2) is 6.96. The SMILES string of the molecule is C[C@H]1CCCC[C@H]1NCCc1nc2sc3c(c2c(=O)[nH]1)CCCC3. The highest BCUT2D eigenvalue weighted by Gasteiger charge is 2.21. The molecule has 2 aliphatic rings. The fraction of sp³-hybridized carbons (Fsp3) is 0.684. The molecule has 2 atom stereocenters. The maximum absolute atomic E-state index is 12.5. The van der Waals surface area contributed by atoms with E-state index >= 15 is 0 Å². The summed E-state index contributed by atoms with van der Waals surface area (Å²) in [6.45, 7) is 3.24. The van der Waals surface area contributed by atoms with E-state index in [1.807, 2.05) is 0 Å². The molecule has 0 spiro atoms. The largest absolute Gasteiger partial charge is 0.313 e. The molecule has 2 aromatic rings. The van der Waals surface area contributed by atoms with Crippen molar-refractivity contribution in [3.8, 4) is 0 Å². The first-order valence-corrected chi connectivity index (χ1v) is 10.3.